The largest absolute Gasteiger partial charge is 0.388 e. The monoisotopic (exact) mass is 448 g/mol. The third-order valence-corrected chi connectivity index (χ3v) is 4.15. The van der Waals surface area contributed by atoms with Crippen LogP contribution in [0.15, 0.2) is 20.0 Å². The van der Waals surface area contributed by atoms with Crippen molar-refractivity contribution in [2.24, 2.45) is 31.4 Å². The van der Waals surface area contributed by atoms with Crippen molar-refractivity contribution in [3.05, 3.63) is 0 Å². The standard InChI is InChI=1S/C4H9N3.C4H8N2S.C3H8N2S.C3H8N2.C3H7N/c2*1-5-4-6-2-3-7-4;1-5-3(4)6-2;1-3(4)5-2;1-3(2)4/h2-3H2,1H3,(H2,5,6,7);2-3H2,1H3,(H,5,6);1-2H3,(H2,4,5);1-2H3,(H2,4,5);4H,1-2H3. The molecule has 2 rings (SSSR count). The zero-order valence-electron chi connectivity index (χ0n) is 19.1. The van der Waals surface area contributed by atoms with Crippen LogP contribution in [0, 0.1) is 5.41 Å². The zero-order valence-corrected chi connectivity index (χ0v) is 20.7. The van der Waals surface area contributed by atoms with Gasteiger partial charge in [-0.3, -0.25) is 20.0 Å². The second-order valence-corrected chi connectivity index (χ2v) is 7.27. The van der Waals surface area contributed by atoms with Gasteiger partial charge in [-0.2, -0.15) is 0 Å². The molecule has 0 atom stereocenters. The van der Waals surface area contributed by atoms with Crippen LogP contribution < -0.4 is 27.4 Å². The summed E-state index contributed by atoms with van der Waals surface area (Å²) in [6.07, 6.45) is 1.89. The molecule has 0 saturated carbocycles. The van der Waals surface area contributed by atoms with Crippen molar-refractivity contribution in [2.45, 2.75) is 20.8 Å². The van der Waals surface area contributed by atoms with Crippen LogP contribution in [0.4, 0.5) is 0 Å². The molecule has 0 unspecified atom stereocenters. The normalized spacial score (nSPS) is 16.0. The Morgan fingerprint density at radius 1 is 0.931 bits per heavy atom. The van der Waals surface area contributed by atoms with Crippen LogP contribution in [-0.4, -0.2) is 87.7 Å². The van der Waals surface area contributed by atoms with Crippen LogP contribution in [0.2, 0.25) is 0 Å². The Balaban J connectivity index is -0.000000297. The van der Waals surface area contributed by atoms with Crippen molar-refractivity contribution < 1.29 is 0 Å². The maximum Gasteiger partial charge on any atom is 0.191 e. The van der Waals surface area contributed by atoms with E-state index in [1.165, 1.54) is 17.5 Å². The van der Waals surface area contributed by atoms with E-state index in [1.54, 1.807) is 60.7 Å². The fourth-order valence-corrected chi connectivity index (χ4v) is 2.09. The van der Waals surface area contributed by atoms with Crippen LogP contribution in [0.25, 0.3) is 0 Å². The molecule has 2 heterocycles. The van der Waals surface area contributed by atoms with Crippen LogP contribution in [0.3, 0.4) is 0 Å². The first-order valence-corrected chi connectivity index (χ1v) is 11.1. The van der Waals surface area contributed by atoms with Crippen molar-refractivity contribution in [1.29, 1.82) is 5.41 Å². The summed E-state index contributed by atoms with van der Waals surface area (Å²) in [5.41, 5.74) is 10.9. The number of amidine groups is 3. The third-order valence-electron chi connectivity index (χ3n) is 2.54. The molecule has 0 radical (unpaired) electrons. The summed E-state index contributed by atoms with van der Waals surface area (Å²) in [4.78, 5) is 15.1. The number of thioether (sulfide) groups is 2. The van der Waals surface area contributed by atoms with E-state index in [0.717, 1.165) is 30.8 Å². The van der Waals surface area contributed by atoms with Gasteiger partial charge in [0, 0.05) is 59.3 Å². The van der Waals surface area contributed by atoms with E-state index >= 15 is 0 Å². The van der Waals surface area contributed by atoms with E-state index in [2.05, 4.69) is 35.9 Å². The van der Waals surface area contributed by atoms with Crippen LogP contribution in [-0.2, 0) is 0 Å². The van der Waals surface area contributed by atoms with Gasteiger partial charge in [-0.1, -0.05) is 23.5 Å². The average molecular weight is 449 g/mol. The van der Waals surface area contributed by atoms with Crippen LogP contribution in [0.1, 0.15) is 20.8 Å². The topological polar surface area (TPSA) is 161 Å². The Bertz CT molecular complexity index is 482. The molecule has 12 heteroatoms. The van der Waals surface area contributed by atoms with Crippen LogP contribution in [0.5, 0.6) is 0 Å². The highest BCUT2D eigenvalue weighted by molar-refractivity contribution is 8.14. The van der Waals surface area contributed by atoms with Gasteiger partial charge in [-0.25, -0.2) is 0 Å². The number of hydrogen-bond acceptors (Lipinski definition) is 7. The molecule has 0 spiro atoms. The van der Waals surface area contributed by atoms with Crippen molar-refractivity contribution in [3.8, 4) is 0 Å². The predicted octanol–water partition coefficient (Wildman–Crippen LogP) is 0.807. The van der Waals surface area contributed by atoms with Gasteiger partial charge in [0.25, 0.3) is 0 Å². The van der Waals surface area contributed by atoms with Crippen molar-refractivity contribution in [1.82, 2.24) is 16.0 Å². The van der Waals surface area contributed by atoms with Gasteiger partial charge in [0.1, 0.15) is 0 Å². The minimum atomic E-state index is 0.630. The summed E-state index contributed by atoms with van der Waals surface area (Å²) in [5, 5.41) is 17.4. The molecular formula is C17H40N10S2. The van der Waals surface area contributed by atoms with E-state index in [1.807, 2.05) is 6.26 Å². The summed E-state index contributed by atoms with van der Waals surface area (Å²) in [7, 11) is 6.91. The van der Waals surface area contributed by atoms with Gasteiger partial charge in [-0.15, -0.1) is 0 Å². The molecule has 0 bridgehead atoms. The fraction of sp³-hybridized carbons (Fsp3) is 0.706. The Kier molecular flexibility index (Phi) is 26.4. The molecule has 0 aliphatic carbocycles. The molecule has 0 aromatic rings. The lowest BCUT2D eigenvalue weighted by molar-refractivity contribution is 0.942. The molecule has 0 amide bonds. The van der Waals surface area contributed by atoms with Gasteiger partial charge in [0.2, 0.25) is 0 Å². The number of aliphatic imine (C=N–C) groups is 4. The van der Waals surface area contributed by atoms with Gasteiger partial charge in [-0.05, 0) is 27.0 Å². The van der Waals surface area contributed by atoms with Gasteiger partial charge in [0.15, 0.2) is 16.3 Å². The van der Waals surface area contributed by atoms with Crippen molar-refractivity contribution in [2.75, 3.05) is 59.8 Å². The number of hydrogen-bond donors (Lipinski definition) is 6. The number of nitrogens with one attached hydrogen (secondary N) is 4. The quantitative estimate of drug-likeness (QED) is 0.236. The van der Waals surface area contributed by atoms with E-state index in [-0.39, 0.29) is 0 Å². The molecule has 2 aliphatic rings. The fourth-order valence-electron chi connectivity index (χ4n) is 1.17. The SMILES string of the molecule is CC(C)=N.CN=C(C)N.CN=C(N)SC.CN=C1NCCN1.CN=C1NCCS1. The minimum absolute atomic E-state index is 0.630. The average Bonchev–Trinajstić information content (AvgIpc) is 3.41. The molecule has 0 aromatic carbocycles. The minimum Gasteiger partial charge on any atom is -0.388 e. The Morgan fingerprint density at radius 3 is 1.55 bits per heavy atom. The molecule has 2 saturated heterocycles. The predicted molar refractivity (Wildman–Crippen MR) is 137 cm³/mol. The summed E-state index contributed by atoms with van der Waals surface area (Å²) in [6.45, 7) is 8.34. The number of nitrogens with zero attached hydrogens (tertiary/aromatic N) is 4. The first-order chi connectivity index (χ1) is 13.7. The molecule has 10 nitrogen and oxygen atoms in total. The maximum atomic E-state index is 6.50. The molecule has 8 N–H and O–H groups in total. The number of guanidine groups is 1. The van der Waals surface area contributed by atoms with E-state index in [0.29, 0.717) is 16.7 Å². The molecular weight excluding hydrogens is 408 g/mol. The second kappa shape index (κ2) is 24.1. The molecule has 29 heavy (non-hydrogen) atoms. The second-order valence-electron chi connectivity index (χ2n) is 5.36. The van der Waals surface area contributed by atoms with Crippen molar-refractivity contribution >= 4 is 51.4 Å². The van der Waals surface area contributed by atoms with Gasteiger partial charge < -0.3 is 32.8 Å². The first-order valence-electron chi connectivity index (χ1n) is 8.93. The van der Waals surface area contributed by atoms with E-state index < -0.39 is 0 Å². The van der Waals surface area contributed by atoms with Crippen molar-refractivity contribution in [3.63, 3.8) is 0 Å². The molecule has 2 fully saturated rings. The lowest BCUT2D eigenvalue weighted by Gasteiger charge is -1.90. The van der Waals surface area contributed by atoms with E-state index in [9.17, 15) is 0 Å². The molecule has 0 aromatic heterocycles. The van der Waals surface area contributed by atoms with Crippen LogP contribution >= 0.6 is 23.5 Å². The Hall–Kier alpha value is -1.95. The first kappa shape index (κ1) is 31.7. The summed E-state index contributed by atoms with van der Waals surface area (Å²) in [6, 6.07) is 0. The Labute approximate surface area is 184 Å². The number of rotatable bonds is 0. The molecule has 170 valence electrons. The lowest BCUT2D eigenvalue weighted by atomic mass is 10.5. The van der Waals surface area contributed by atoms with Gasteiger partial charge >= 0.3 is 0 Å². The summed E-state index contributed by atoms with van der Waals surface area (Å²) >= 11 is 3.23. The zero-order chi connectivity index (χ0) is 23.1. The summed E-state index contributed by atoms with van der Waals surface area (Å²) < 4.78 is 0. The van der Waals surface area contributed by atoms with E-state index in [4.69, 9.17) is 16.9 Å². The summed E-state index contributed by atoms with van der Waals surface area (Å²) in [5.74, 6) is 2.72. The molecule has 2 aliphatic heterocycles. The number of nitrogens with two attached hydrogens (primary N) is 2. The van der Waals surface area contributed by atoms with Gasteiger partial charge in [0.05, 0.1) is 5.84 Å². The smallest absolute Gasteiger partial charge is 0.191 e. The highest BCUT2D eigenvalue weighted by atomic mass is 32.2. The highest BCUT2D eigenvalue weighted by Gasteiger charge is 2.03. The maximum absolute atomic E-state index is 6.50. The third kappa shape index (κ3) is 31.0. The highest BCUT2D eigenvalue weighted by Crippen LogP contribution is 2.05. The lowest BCUT2D eigenvalue weighted by Crippen LogP contribution is -2.23. The Morgan fingerprint density at radius 2 is 1.41 bits per heavy atom.